The summed E-state index contributed by atoms with van der Waals surface area (Å²) in [6.45, 7) is 5.00. The number of nitrogens with zero attached hydrogens (tertiary/aromatic N) is 2. The first-order valence-corrected chi connectivity index (χ1v) is 9.04. The zero-order chi connectivity index (χ0) is 17.3. The summed E-state index contributed by atoms with van der Waals surface area (Å²) >= 11 is 1.63. The summed E-state index contributed by atoms with van der Waals surface area (Å²) in [7, 11) is 1.68. The molecule has 6 heteroatoms. The lowest BCUT2D eigenvalue weighted by molar-refractivity contribution is -0.122. The van der Waals surface area contributed by atoms with Crippen LogP contribution >= 0.6 is 11.3 Å². The van der Waals surface area contributed by atoms with Crippen LogP contribution in [0.5, 0.6) is 5.75 Å². The van der Waals surface area contributed by atoms with E-state index in [0.29, 0.717) is 0 Å². The van der Waals surface area contributed by atoms with E-state index in [1.807, 2.05) is 12.4 Å². The van der Waals surface area contributed by atoms with Gasteiger partial charge in [0.25, 0.3) is 0 Å². The Labute approximate surface area is 146 Å². The number of aryl methyl sites for hydroxylation is 1. The van der Waals surface area contributed by atoms with E-state index in [2.05, 4.69) is 35.0 Å². The van der Waals surface area contributed by atoms with Crippen molar-refractivity contribution in [2.75, 3.05) is 13.7 Å². The fraction of sp³-hybridized carbons (Fsp3) is 0.444. The average Bonchev–Trinajstić information content (AvgIpc) is 3.22. The SMILES string of the molecule is COc1cc(-c2scnc2C)ccc1[C@H](C)N1CCCC1C(N)=O. The number of aromatic nitrogens is 1. The van der Waals surface area contributed by atoms with Crippen molar-refractivity contribution in [1.82, 2.24) is 9.88 Å². The van der Waals surface area contributed by atoms with Crippen LogP contribution in [-0.4, -0.2) is 35.5 Å². The predicted molar refractivity (Wildman–Crippen MR) is 96.2 cm³/mol. The van der Waals surface area contributed by atoms with Crippen molar-refractivity contribution in [3.05, 3.63) is 35.0 Å². The molecule has 1 unspecified atom stereocenters. The van der Waals surface area contributed by atoms with Crippen LogP contribution in [0.3, 0.4) is 0 Å². The van der Waals surface area contributed by atoms with Crippen LogP contribution in [0, 0.1) is 6.92 Å². The minimum absolute atomic E-state index is 0.0801. The van der Waals surface area contributed by atoms with Crippen LogP contribution in [0.2, 0.25) is 0 Å². The maximum Gasteiger partial charge on any atom is 0.234 e. The number of ether oxygens (including phenoxy) is 1. The van der Waals surface area contributed by atoms with Gasteiger partial charge in [-0.3, -0.25) is 9.69 Å². The molecule has 0 aliphatic carbocycles. The Morgan fingerprint density at radius 1 is 1.50 bits per heavy atom. The molecule has 0 spiro atoms. The number of likely N-dealkylation sites (tertiary alicyclic amines) is 1. The van der Waals surface area contributed by atoms with Crippen LogP contribution in [0.15, 0.2) is 23.7 Å². The fourth-order valence-electron chi connectivity index (χ4n) is 3.51. The molecule has 0 radical (unpaired) electrons. The topological polar surface area (TPSA) is 68.4 Å². The molecule has 2 atom stereocenters. The van der Waals surface area contributed by atoms with E-state index in [-0.39, 0.29) is 18.0 Å². The lowest BCUT2D eigenvalue weighted by Crippen LogP contribution is -2.41. The van der Waals surface area contributed by atoms with Gasteiger partial charge in [-0.1, -0.05) is 12.1 Å². The molecule has 2 N–H and O–H groups in total. The summed E-state index contributed by atoms with van der Waals surface area (Å²) in [5.74, 6) is 0.596. The number of nitrogens with two attached hydrogens (primary N) is 1. The summed E-state index contributed by atoms with van der Waals surface area (Å²) in [5.41, 5.74) is 10.6. The molecule has 24 heavy (non-hydrogen) atoms. The third-order valence-corrected chi connectivity index (χ3v) is 5.79. The molecule has 0 bridgehead atoms. The number of benzene rings is 1. The Hall–Kier alpha value is -1.92. The van der Waals surface area contributed by atoms with Crippen molar-refractivity contribution in [3.63, 3.8) is 0 Å². The third kappa shape index (κ3) is 3.03. The summed E-state index contributed by atoms with van der Waals surface area (Å²) in [4.78, 5) is 19.3. The van der Waals surface area contributed by atoms with E-state index < -0.39 is 0 Å². The fourth-order valence-corrected chi connectivity index (χ4v) is 4.32. The number of rotatable bonds is 5. The van der Waals surface area contributed by atoms with Crippen molar-refractivity contribution in [2.45, 2.75) is 38.8 Å². The van der Waals surface area contributed by atoms with Crippen molar-refractivity contribution >= 4 is 17.2 Å². The van der Waals surface area contributed by atoms with Gasteiger partial charge in [-0.2, -0.15) is 0 Å². The first-order valence-electron chi connectivity index (χ1n) is 8.16. The van der Waals surface area contributed by atoms with Crippen LogP contribution in [0.25, 0.3) is 10.4 Å². The molecule has 1 aliphatic rings. The minimum Gasteiger partial charge on any atom is -0.496 e. The zero-order valence-electron chi connectivity index (χ0n) is 14.3. The minimum atomic E-state index is -0.241. The van der Waals surface area contributed by atoms with Gasteiger partial charge in [0.15, 0.2) is 0 Å². The second-order valence-electron chi connectivity index (χ2n) is 6.20. The lowest BCUT2D eigenvalue weighted by Gasteiger charge is -2.30. The Bertz CT molecular complexity index is 744. The largest absolute Gasteiger partial charge is 0.496 e. The van der Waals surface area contributed by atoms with E-state index in [9.17, 15) is 4.79 Å². The smallest absolute Gasteiger partial charge is 0.234 e. The summed E-state index contributed by atoms with van der Waals surface area (Å²) in [6.07, 6.45) is 1.83. The summed E-state index contributed by atoms with van der Waals surface area (Å²) in [6, 6.07) is 6.14. The molecular formula is C18H23N3O2S. The highest BCUT2D eigenvalue weighted by molar-refractivity contribution is 7.13. The number of hydrogen-bond acceptors (Lipinski definition) is 5. The van der Waals surface area contributed by atoms with Crippen LogP contribution in [0.1, 0.15) is 37.1 Å². The van der Waals surface area contributed by atoms with Gasteiger partial charge >= 0.3 is 0 Å². The van der Waals surface area contributed by atoms with Gasteiger partial charge in [-0.25, -0.2) is 4.98 Å². The van der Waals surface area contributed by atoms with Crippen molar-refractivity contribution < 1.29 is 9.53 Å². The van der Waals surface area contributed by atoms with Gasteiger partial charge in [-0.15, -0.1) is 11.3 Å². The first kappa shape index (κ1) is 16.9. The Morgan fingerprint density at radius 2 is 2.29 bits per heavy atom. The van der Waals surface area contributed by atoms with E-state index in [0.717, 1.165) is 46.8 Å². The number of carbonyl (C=O) groups is 1. The Morgan fingerprint density at radius 3 is 2.92 bits per heavy atom. The quantitative estimate of drug-likeness (QED) is 0.904. The number of primary amides is 1. The lowest BCUT2D eigenvalue weighted by atomic mass is 10.0. The molecule has 2 heterocycles. The van der Waals surface area contributed by atoms with E-state index in [1.165, 1.54) is 0 Å². The van der Waals surface area contributed by atoms with Gasteiger partial charge in [-0.05, 0) is 44.9 Å². The van der Waals surface area contributed by atoms with E-state index in [4.69, 9.17) is 10.5 Å². The highest BCUT2D eigenvalue weighted by atomic mass is 32.1. The number of thiazole rings is 1. The van der Waals surface area contributed by atoms with E-state index in [1.54, 1.807) is 18.4 Å². The van der Waals surface area contributed by atoms with Crippen molar-refractivity contribution in [3.8, 4) is 16.2 Å². The zero-order valence-corrected chi connectivity index (χ0v) is 15.1. The van der Waals surface area contributed by atoms with Gasteiger partial charge in [0.05, 0.1) is 29.2 Å². The summed E-state index contributed by atoms with van der Waals surface area (Å²) in [5, 5.41) is 0. The average molecular weight is 345 g/mol. The molecular weight excluding hydrogens is 322 g/mol. The van der Waals surface area contributed by atoms with Gasteiger partial charge in [0, 0.05) is 11.6 Å². The Kier molecular flexibility index (Phi) is 4.87. The maximum atomic E-state index is 11.7. The Balaban J connectivity index is 1.93. The van der Waals surface area contributed by atoms with E-state index >= 15 is 0 Å². The highest BCUT2D eigenvalue weighted by Crippen LogP contribution is 2.37. The normalized spacial score (nSPS) is 19.4. The molecule has 0 saturated carbocycles. The highest BCUT2D eigenvalue weighted by Gasteiger charge is 2.33. The van der Waals surface area contributed by atoms with Crippen molar-refractivity contribution in [1.29, 1.82) is 0 Å². The predicted octanol–water partition coefficient (Wildman–Crippen LogP) is 3.14. The van der Waals surface area contributed by atoms with Gasteiger partial charge in [0.1, 0.15) is 5.75 Å². The van der Waals surface area contributed by atoms with Crippen molar-refractivity contribution in [2.24, 2.45) is 5.73 Å². The molecule has 1 aromatic carbocycles. The van der Waals surface area contributed by atoms with Crippen LogP contribution < -0.4 is 10.5 Å². The first-order chi connectivity index (χ1) is 11.5. The number of methoxy groups -OCH3 is 1. The molecule has 5 nitrogen and oxygen atoms in total. The summed E-state index contributed by atoms with van der Waals surface area (Å²) < 4.78 is 5.64. The molecule has 1 amide bonds. The third-order valence-electron chi connectivity index (χ3n) is 4.81. The number of carbonyl (C=O) groups excluding carboxylic acids is 1. The van der Waals surface area contributed by atoms with Gasteiger partial charge in [0.2, 0.25) is 5.91 Å². The van der Waals surface area contributed by atoms with Gasteiger partial charge < -0.3 is 10.5 Å². The number of hydrogen-bond donors (Lipinski definition) is 1. The van der Waals surface area contributed by atoms with Crippen LogP contribution in [-0.2, 0) is 4.79 Å². The van der Waals surface area contributed by atoms with Crippen LogP contribution in [0.4, 0.5) is 0 Å². The molecule has 1 saturated heterocycles. The molecule has 1 aliphatic heterocycles. The second-order valence-corrected chi connectivity index (χ2v) is 7.05. The second kappa shape index (κ2) is 6.91. The molecule has 128 valence electrons. The molecule has 3 rings (SSSR count). The molecule has 1 aromatic heterocycles. The number of amides is 1. The molecule has 2 aromatic rings. The molecule has 1 fully saturated rings. The monoisotopic (exact) mass is 345 g/mol. The standard InChI is InChI=1S/C18H23N3O2S/c1-11-17(24-10-20-11)13-6-7-14(16(9-13)23-3)12(2)21-8-4-5-15(21)18(19)22/h6-7,9-10,12,15H,4-5,8H2,1-3H3,(H2,19,22)/t12-,15?/m0/s1. The maximum absolute atomic E-state index is 11.7.